The minimum absolute atomic E-state index is 0.101. The number of fused-ring (bicyclic) bond motifs is 1. The molecule has 2 heterocycles. The van der Waals surface area contributed by atoms with Gasteiger partial charge in [-0.05, 0) is 47.9 Å². The van der Waals surface area contributed by atoms with Gasteiger partial charge in [-0.25, -0.2) is 0 Å². The van der Waals surface area contributed by atoms with E-state index in [-0.39, 0.29) is 11.5 Å². The molecule has 3 fully saturated rings. The fourth-order valence-corrected chi connectivity index (χ4v) is 4.98. The van der Waals surface area contributed by atoms with Crippen molar-refractivity contribution >= 4 is 16.7 Å². The highest BCUT2D eigenvalue weighted by molar-refractivity contribution is 5.83. The van der Waals surface area contributed by atoms with Crippen LogP contribution in [-0.4, -0.2) is 42.8 Å². The van der Waals surface area contributed by atoms with E-state index in [1.807, 2.05) is 0 Å². The first-order valence-electron chi connectivity index (χ1n) is 9.83. The molecule has 1 amide bonds. The summed E-state index contributed by atoms with van der Waals surface area (Å²) < 4.78 is 5.43. The van der Waals surface area contributed by atoms with Crippen LogP contribution < -0.4 is 5.32 Å². The third-order valence-electron chi connectivity index (χ3n) is 6.60. The standard InChI is InChI=1S/C22H26N2O2/c25-21(20-12-22(13-20)14-26-15-23-22)24-9-7-17(8-10-24)19-6-5-16-3-1-2-4-18(16)11-19/h1-6,11,17,20,23H,7-10,12-15H2. The minimum Gasteiger partial charge on any atom is -0.364 e. The molecule has 1 aliphatic carbocycles. The number of carbonyl (C=O) groups excluding carboxylic acids is 1. The Morgan fingerprint density at radius 2 is 1.85 bits per heavy atom. The zero-order chi connectivity index (χ0) is 17.6. The van der Waals surface area contributed by atoms with Crippen LogP contribution >= 0.6 is 0 Å². The lowest BCUT2D eigenvalue weighted by atomic mass is 9.68. The number of hydrogen-bond donors (Lipinski definition) is 1. The number of piperidine rings is 1. The second-order valence-corrected chi connectivity index (χ2v) is 8.26. The molecule has 3 aliphatic rings. The molecular formula is C22H26N2O2. The lowest BCUT2D eigenvalue weighted by molar-refractivity contribution is -0.142. The van der Waals surface area contributed by atoms with Crippen molar-refractivity contribution in [1.29, 1.82) is 0 Å². The van der Waals surface area contributed by atoms with Crippen molar-refractivity contribution in [3.63, 3.8) is 0 Å². The second-order valence-electron chi connectivity index (χ2n) is 8.26. The number of amides is 1. The van der Waals surface area contributed by atoms with Crippen molar-refractivity contribution in [3.05, 3.63) is 48.0 Å². The van der Waals surface area contributed by atoms with E-state index in [1.54, 1.807) is 0 Å². The average molecular weight is 350 g/mol. The van der Waals surface area contributed by atoms with E-state index in [4.69, 9.17) is 4.74 Å². The summed E-state index contributed by atoms with van der Waals surface area (Å²) in [5.74, 6) is 1.13. The van der Waals surface area contributed by atoms with Gasteiger partial charge in [-0.15, -0.1) is 0 Å². The Balaban J connectivity index is 1.20. The van der Waals surface area contributed by atoms with E-state index in [0.717, 1.165) is 45.4 Å². The lowest BCUT2D eigenvalue weighted by Gasteiger charge is -2.45. The quantitative estimate of drug-likeness (QED) is 0.904. The summed E-state index contributed by atoms with van der Waals surface area (Å²) in [5, 5.41) is 6.02. The molecule has 2 aliphatic heterocycles. The number of nitrogens with one attached hydrogen (secondary N) is 1. The predicted octanol–water partition coefficient (Wildman–Crippen LogP) is 3.27. The first-order valence-corrected chi connectivity index (χ1v) is 9.83. The predicted molar refractivity (Wildman–Crippen MR) is 102 cm³/mol. The Morgan fingerprint density at radius 3 is 2.58 bits per heavy atom. The SMILES string of the molecule is O=C(C1CC2(COCN2)C1)N1CCC(c2ccc3ccccc3c2)CC1. The molecule has 0 unspecified atom stereocenters. The van der Waals surface area contributed by atoms with Gasteiger partial charge in [0.1, 0.15) is 0 Å². The number of hydrogen-bond acceptors (Lipinski definition) is 3. The Hall–Kier alpha value is -1.91. The maximum Gasteiger partial charge on any atom is 0.225 e. The summed E-state index contributed by atoms with van der Waals surface area (Å²) in [6, 6.07) is 15.4. The maximum atomic E-state index is 12.8. The molecule has 0 bridgehead atoms. The van der Waals surface area contributed by atoms with Gasteiger partial charge in [-0.1, -0.05) is 42.5 Å². The summed E-state index contributed by atoms with van der Waals surface area (Å²) in [5.41, 5.74) is 1.52. The Morgan fingerprint density at radius 1 is 1.08 bits per heavy atom. The fourth-order valence-electron chi connectivity index (χ4n) is 4.98. The van der Waals surface area contributed by atoms with E-state index in [0.29, 0.717) is 18.6 Å². The van der Waals surface area contributed by atoms with Crippen LogP contribution in [0.2, 0.25) is 0 Å². The van der Waals surface area contributed by atoms with Gasteiger partial charge in [0.2, 0.25) is 5.91 Å². The van der Waals surface area contributed by atoms with E-state index in [9.17, 15) is 4.79 Å². The van der Waals surface area contributed by atoms with Gasteiger partial charge in [-0.2, -0.15) is 0 Å². The van der Waals surface area contributed by atoms with Gasteiger partial charge in [0, 0.05) is 24.5 Å². The molecule has 0 radical (unpaired) electrons. The van der Waals surface area contributed by atoms with E-state index in [1.165, 1.54) is 16.3 Å². The topological polar surface area (TPSA) is 41.6 Å². The maximum absolute atomic E-state index is 12.8. The molecule has 4 nitrogen and oxygen atoms in total. The van der Waals surface area contributed by atoms with Gasteiger partial charge in [0.05, 0.1) is 13.3 Å². The molecule has 2 saturated heterocycles. The van der Waals surface area contributed by atoms with Crippen LogP contribution in [0, 0.1) is 5.92 Å². The van der Waals surface area contributed by atoms with Crippen LogP contribution in [0.4, 0.5) is 0 Å². The Labute approximate surface area is 154 Å². The molecular weight excluding hydrogens is 324 g/mol. The summed E-state index contributed by atoms with van der Waals surface area (Å²) in [4.78, 5) is 14.9. The third-order valence-corrected chi connectivity index (χ3v) is 6.60. The molecule has 1 spiro atoms. The fraction of sp³-hybridized carbons (Fsp3) is 0.500. The molecule has 136 valence electrons. The number of carbonyl (C=O) groups is 1. The van der Waals surface area contributed by atoms with Crippen molar-refractivity contribution in [2.24, 2.45) is 5.92 Å². The highest BCUT2D eigenvalue weighted by Gasteiger charge is 2.50. The number of nitrogens with zero attached hydrogens (tertiary/aromatic N) is 1. The smallest absolute Gasteiger partial charge is 0.225 e. The number of ether oxygens (including phenoxy) is 1. The largest absolute Gasteiger partial charge is 0.364 e. The average Bonchev–Trinajstić information content (AvgIpc) is 3.16. The summed E-state index contributed by atoms with van der Waals surface area (Å²) in [6.07, 6.45) is 4.03. The van der Waals surface area contributed by atoms with Gasteiger partial charge in [0.15, 0.2) is 0 Å². The Kier molecular flexibility index (Phi) is 3.98. The first-order chi connectivity index (χ1) is 12.7. The third kappa shape index (κ3) is 2.81. The minimum atomic E-state index is 0.101. The van der Waals surface area contributed by atoms with Crippen molar-refractivity contribution in [2.45, 2.75) is 37.1 Å². The van der Waals surface area contributed by atoms with Crippen LogP contribution in [0.1, 0.15) is 37.2 Å². The van der Waals surface area contributed by atoms with Crippen molar-refractivity contribution in [3.8, 4) is 0 Å². The zero-order valence-electron chi connectivity index (χ0n) is 15.1. The van der Waals surface area contributed by atoms with E-state index in [2.05, 4.69) is 52.7 Å². The van der Waals surface area contributed by atoms with Crippen LogP contribution in [-0.2, 0) is 9.53 Å². The van der Waals surface area contributed by atoms with Crippen LogP contribution in [0.15, 0.2) is 42.5 Å². The summed E-state index contributed by atoms with van der Waals surface area (Å²) in [7, 11) is 0. The van der Waals surface area contributed by atoms with Crippen LogP contribution in [0.3, 0.4) is 0 Å². The number of likely N-dealkylation sites (tertiary alicyclic amines) is 1. The number of rotatable bonds is 2. The molecule has 5 rings (SSSR count). The molecule has 26 heavy (non-hydrogen) atoms. The number of benzene rings is 2. The van der Waals surface area contributed by atoms with E-state index < -0.39 is 0 Å². The highest BCUT2D eigenvalue weighted by atomic mass is 16.5. The van der Waals surface area contributed by atoms with Crippen molar-refractivity contribution in [1.82, 2.24) is 10.2 Å². The zero-order valence-corrected chi connectivity index (χ0v) is 15.1. The molecule has 0 aromatic heterocycles. The lowest BCUT2D eigenvalue weighted by Crippen LogP contribution is -2.58. The van der Waals surface area contributed by atoms with Crippen LogP contribution in [0.25, 0.3) is 10.8 Å². The van der Waals surface area contributed by atoms with Gasteiger partial charge < -0.3 is 9.64 Å². The normalized spacial score (nSPS) is 29.2. The van der Waals surface area contributed by atoms with Crippen molar-refractivity contribution in [2.75, 3.05) is 26.4 Å². The molecule has 2 aromatic rings. The summed E-state index contributed by atoms with van der Waals surface area (Å²) in [6.45, 7) is 3.19. The summed E-state index contributed by atoms with van der Waals surface area (Å²) >= 11 is 0. The molecule has 1 N–H and O–H groups in total. The molecule has 0 atom stereocenters. The van der Waals surface area contributed by atoms with Gasteiger partial charge >= 0.3 is 0 Å². The molecule has 2 aromatic carbocycles. The molecule has 4 heteroatoms. The monoisotopic (exact) mass is 350 g/mol. The van der Waals surface area contributed by atoms with Gasteiger partial charge in [0.25, 0.3) is 0 Å². The second kappa shape index (κ2) is 6.36. The van der Waals surface area contributed by atoms with E-state index >= 15 is 0 Å². The Bertz CT molecular complexity index is 812. The molecule has 1 saturated carbocycles. The van der Waals surface area contributed by atoms with Crippen LogP contribution in [0.5, 0.6) is 0 Å². The van der Waals surface area contributed by atoms with Gasteiger partial charge in [-0.3, -0.25) is 10.1 Å². The highest BCUT2D eigenvalue weighted by Crippen LogP contribution is 2.41. The first kappa shape index (κ1) is 16.3. The van der Waals surface area contributed by atoms with Crippen molar-refractivity contribution < 1.29 is 9.53 Å².